The molecule has 5 rings (SSSR count). The first-order valence-corrected chi connectivity index (χ1v) is 11.2. The van der Waals surface area contributed by atoms with E-state index in [-0.39, 0.29) is 13.2 Å². The first kappa shape index (κ1) is 21.8. The number of hydrogen-bond donors (Lipinski definition) is 0. The number of para-hydroxylation sites is 2. The van der Waals surface area contributed by atoms with Gasteiger partial charge in [-0.2, -0.15) is 0 Å². The molecule has 0 fully saturated rings. The van der Waals surface area contributed by atoms with Crippen molar-refractivity contribution >= 4 is 44.8 Å². The SMILES string of the molecule is CCOC(=O)c1c(C)c2oc3ccccc3n3c(C)c(C(=O)OCC)c4cc(OC)cc1c4c2-3. The molecule has 0 aliphatic carbocycles. The predicted molar refractivity (Wildman–Crippen MR) is 130 cm³/mol. The highest BCUT2D eigenvalue weighted by molar-refractivity contribution is 6.22. The van der Waals surface area contributed by atoms with Gasteiger partial charge in [0.2, 0.25) is 0 Å². The molecule has 2 aliphatic rings. The summed E-state index contributed by atoms with van der Waals surface area (Å²) in [6.45, 7) is 7.75. The fourth-order valence-electron chi connectivity index (χ4n) is 4.87. The van der Waals surface area contributed by atoms with Crippen molar-refractivity contribution in [1.82, 2.24) is 4.57 Å². The molecule has 0 bridgehead atoms. The molecular weight excluding hydrogens is 434 g/mol. The molecule has 7 heteroatoms. The molecule has 3 aromatic carbocycles. The van der Waals surface area contributed by atoms with Crippen molar-refractivity contribution in [3.05, 3.63) is 58.8 Å². The number of carbonyl (C=O) groups is 2. The molecule has 0 atom stereocenters. The number of aryl methyl sites for hydroxylation is 1. The molecule has 0 spiro atoms. The summed E-state index contributed by atoms with van der Waals surface area (Å²) in [7, 11) is 1.55. The standard InChI is InChI=1S/C27H25NO6/c1-6-32-26(29)21-14(3)25-24-23-17(21)12-16(31-5)13-18(23)22(27(30)33-7-2)15(4)28(24)19-10-8-9-11-20(19)34-25/h8-13H,6-7H2,1-5H3. The lowest BCUT2D eigenvalue weighted by Crippen LogP contribution is -2.18. The number of pyridine rings is 1. The third-order valence-corrected chi connectivity index (χ3v) is 6.25. The molecule has 0 unspecified atom stereocenters. The number of esters is 2. The van der Waals surface area contributed by atoms with Crippen LogP contribution in [0.5, 0.6) is 5.75 Å². The maximum absolute atomic E-state index is 13.3. The van der Waals surface area contributed by atoms with Crippen LogP contribution in [0, 0.1) is 13.8 Å². The predicted octanol–water partition coefficient (Wildman–Crippen LogP) is 5.95. The highest BCUT2D eigenvalue weighted by Gasteiger charge is 2.31. The van der Waals surface area contributed by atoms with Crippen LogP contribution >= 0.6 is 0 Å². The molecule has 0 radical (unpaired) electrons. The van der Waals surface area contributed by atoms with Gasteiger partial charge < -0.3 is 23.2 Å². The van der Waals surface area contributed by atoms with Crippen LogP contribution in [-0.2, 0) is 9.47 Å². The van der Waals surface area contributed by atoms with Crippen LogP contribution in [0.3, 0.4) is 0 Å². The Morgan fingerprint density at radius 2 is 1.56 bits per heavy atom. The molecule has 3 aromatic rings. The van der Waals surface area contributed by atoms with E-state index < -0.39 is 11.9 Å². The summed E-state index contributed by atoms with van der Waals surface area (Å²) >= 11 is 0. The summed E-state index contributed by atoms with van der Waals surface area (Å²) in [5.41, 5.74) is 4.95. The quantitative estimate of drug-likeness (QED) is 0.184. The van der Waals surface area contributed by atoms with Crippen molar-refractivity contribution in [3.63, 3.8) is 0 Å². The first-order chi connectivity index (χ1) is 16.4. The maximum atomic E-state index is 13.3. The molecule has 2 heterocycles. The third-order valence-electron chi connectivity index (χ3n) is 6.25. The van der Waals surface area contributed by atoms with Crippen molar-refractivity contribution in [1.29, 1.82) is 0 Å². The number of aromatic nitrogens is 1. The van der Waals surface area contributed by atoms with E-state index in [9.17, 15) is 9.59 Å². The molecule has 0 amide bonds. The second-order valence-corrected chi connectivity index (χ2v) is 8.08. The molecule has 0 N–H and O–H groups in total. The Morgan fingerprint density at radius 3 is 2.21 bits per heavy atom. The van der Waals surface area contributed by atoms with E-state index in [0.717, 1.165) is 11.2 Å². The van der Waals surface area contributed by atoms with Gasteiger partial charge in [-0.15, -0.1) is 0 Å². The van der Waals surface area contributed by atoms with Gasteiger partial charge in [0.15, 0.2) is 11.2 Å². The molecular formula is C27H25NO6. The minimum atomic E-state index is -0.458. The number of carbonyl (C=O) groups excluding carboxylic acids is 2. The van der Waals surface area contributed by atoms with E-state index in [1.165, 1.54) is 0 Å². The summed E-state index contributed by atoms with van der Waals surface area (Å²) in [5, 5.41) is 1.98. The Morgan fingerprint density at radius 1 is 0.941 bits per heavy atom. The zero-order valence-electron chi connectivity index (χ0n) is 19.8. The lowest BCUT2D eigenvalue weighted by atomic mass is 9.90. The molecule has 2 aliphatic heterocycles. The molecule has 0 aromatic heterocycles. The van der Waals surface area contributed by atoms with Gasteiger partial charge in [0.1, 0.15) is 5.75 Å². The second kappa shape index (κ2) is 8.09. The number of fused-ring (bicyclic) bond motifs is 2. The number of methoxy groups -OCH3 is 1. The topological polar surface area (TPSA) is 79.9 Å². The first-order valence-electron chi connectivity index (χ1n) is 11.2. The van der Waals surface area contributed by atoms with Crippen LogP contribution in [0.4, 0.5) is 0 Å². The normalized spacial score (nSPS) is 11.6. The molecule has 0 saturated carbocycles. The summed E-state index contributed by atoms with van der Waals surface area (Å²) < 4.78 is 24.8. The Kier molecular flexibility index (Phi) is 5.20. The smallest absolute Gasteiger partial charge is 0.340 e. The lowest BCUT2D eigenvalue weighted by molar-refractivity contribution is 0.0518. The second-order valence-electron chi connectivity index (χ2n) is 8.08. The third kappa shape index (κ3) is 2.96. The fraction of sp³-hybridized carbons (Fsp3) is 0.259. The van der Waals surface area contributed by atoms with Gasteiger partial charge in [0.05, 0.1) is 42.7 Å². The van der Waals surface area contributed by atoms with E-state index in [4.69, 9.17) is 18.6 Å². The van der Waals surface area contributed by atoms with Crippen molar-refractivity contribution in [2.45, 2.75) is 27.7 Å². The number of rotatable bonds is 5. The molecule has 7 nitrogen and oxygen atoms in total. The minimum absolute atomic E-state index is 0.233. The van der Waals surface area contributed by atoms with Crippen LogP contribution in [0.2, 0.25) is 0 Å². The fourth-order valence-corrected chi connectivity index (χ4v) is 4.87. The van der Waals surface area contributed by atoms with Crippen molar-refractivity contribution in [2.24, 2.45) is 0 Å². The van der Waals surface area contributed by atoms with Gasteiger partial charge >= 0.3 is 11.9 Å². The van der Waals surface area contributed by atoms with E-state index in [2.05, 4.69) is 0 Å². The molecule has 0 saturated heterocycles. The maximum Gasteiger partial charge on any atom is 0.340 e. The number of ether oxygens (including phenoxy) is 3. The van der Waals surface area contributed by atoms with Crippen molar-refractivity contribution < 1.29 is 28.2 Å². The Hall–Kier alpha value is -4.00. The van der Waals surface area contributed by atoms with Crippen LogP contribution < -0.4 is 4.74 Å². The van der Waals surface area contributed by atoms with Crippen LogP contribution in [0.15, 0.2) is 40.8 Å². The van der Waals surface area contributed by atoms with Gasteiger partial charge in [-0.1, -0.05) is 12.1 Å². The van der Waals surface area contributed by atoms with Gasteiger partial charge in [-0.05, 0) is 52.0 Å². The van der Waals surface area contributed by atoms with Crippen LogP contribution in [0.1, 0.15) is 45.8 Å². The molecule has 174 valence electrons. The van der Waals surface area contributed by atoms with Crippen LogP contribution in [-0.4, -0.2) is 36.8 Å². The lowest BCUT2D eigenvalue weighted by Gasteiger charge is -2.27. The van der Waals surface area contributed by atoms with Crippen molar-refractivity contribution in [2.75, 3.05) is 20.3 Å². The zero-order chi connectivity index (χ0) is 24.1. The van der Waals surface area contributed by atoms with Gasteiger partial charge in [-0.25, -0.2) is 9.59 Å². The summed E-state index contributed by atoms with van der Waals surface area (Å²) in [5.74, 6) is -0.378. The summed E-state index contributed by atoms with van der Waals surface area (Å²) in [6, 6.07) is 11.2. The van der Waals surface area contributed by atoms with E-state index >= 15 is 0 Å². The van der Waals surface area contributed by atoms with E-state index in [1.807, 2.05) is 42.7 Å². The Bertz CT molecular complexity index is 1570. The monoisotopic (exact) mass is 459 g/mol. The van der Waals surface area contributed by atoms with Gasteiger partial charge in [0, 0.05) is 27.4 Å². The van der Waals surface area contributed by atoms with Crippen molar-refractivity contribution in [3.8, 4) is 11.4 Å². The van der Waals surface area contributed by atoms with E-state index in [0.29, 0.717) is 55.5 Å². The molecule has 34 heavy (non-hydrogen) atoms. The number of hydrogen-bond acceptors (Lipinski definition) is 6. The Balaban J connectivity index is 2.13. The number of benzene rings is 3. The minimum Gasteiger partial charge on any atom is -0.497 e. The van der Waals surface area contributed by atoms with Gasteiger partial charge in [0.25, 0.3) is 0 Å². The summed E-state index contributed by atoms with van der Waals surface area (Å²) in [4.78, 5) is 26.4. The van der Waals surface area contributed by atoms with Gasteiger partial charge in [-0.3, -0.25) is 0 Å². The van der Waals surface area contributed by atoms with Crippen LogP contribution in [0.25, 0.3) is 38.5 Å². The summed E-state index contributed by atoms with van der Waals surface area (Å²) in [6.07, 6.45) is 0. The largest absolute Gasteiger partial charge is 0.497 e. The number of nitrogens with zero attached hydrogens (tertiary/aromatic N) is 1. The Labute approximate surface area is 196 Å². The average molecular weight is 459 g/mol. The highest BCUT2D eigenvalue weighted by atomic mass is 16.5. The zero-order valence-corrected chi connectivity index (χ0v) is 19.8. The average Bonchev–Trinajstić information content (AvgIpc) is 2.82. The van der Waals surface area contributed by atoms with E-state index in [1.54, 1.807) is 33.1 Å². The highest BCUT2D eigenvalue weighted by Crippen LogP contribution is 2.45.